The van der Waals surface area contributed by atoms with E-state index in [4.69, 9.17) is 20.8 Å². The van der Waals surface area contributed by atoms with Crippen LogP contribution in [0, 0.1) is 0 Å². The van der Waals surface area contributed by atoms with Gasteiger partial charge in [0.2, 0.25) is 5.22 Å². The Morgan fingerprint density at radius 2 is 2.26 bits per heavy atom. The van der Waals surface area contributed by atoms with Crippen molar-refractivity contribution in [3.05, 3.63) is 23.1 Å². The third kappa shape index (κ3) is 3.12. The van der Waals surface area contributed by atoms with Crippen LogP contribution in [0.3, 0.4) is 0 Å². The Bertz CT molecular complexity index is 440. The van der Waals surface area contributed by atoms with Crippen molar-refractivity contribution >= 4 is 17.5 Å². The summed E-state index contributed by atoms with van der Waals surface area (Å²) in [4.78, 5) is 12.1. The predicted molar refractivity (Wildman–Crippen MR) is 73.5 cm³/mol. The quantitative estimate of drug-likeness (QED) is 0.922. The zero-order valence-electron chi connectivity index (χ0n) is 11.4. The van der Waals surface area contributed by atoms with Crippen molar-refractivity contribution in [2.24, 2.45) is 0 Å². The summed E-state index contributed by atoms with van der Waals surface area (Å²) >= 11 is 5.81. The number of rotatable bonds is 4. The maximum absolute atomic E-state index is 12.1. The number of ether oxygens (including phenoxy) is 1. The second-order valence-electron chi connectivity index (χ2n) is 5.01. The van der Waals surface area contributed by atoms with Crippen LogP contribution in [-0.4, -0.2) is 24.2 Å². The van der Waals surface area contributed by atoms with Crippen LogP contribution in [0.4, 0.5) is 0 Å². The molecule has 106 valence electrons. The fraction of sp³-hybridized carbons (Fsp3) is 0.643. The molecule has 19 heavy (non-hydrogen) atoms. The molecule has 1 aromatic rings. The summed E-state index contributed by atoms with van der Waals surface area (Å²) in [6.45, 7) is 4.94. The Kier molecular flexibility index (Phi) is 4.53. The smallest absolute Gasteiger partial charge is 0.256 e. The molecule has 1 N–H and O–H groups in total. The van der Waals surface area contributed by atoms with Gasteiger partial charge in [0.25, 0.3) is 5.91 Å². The van der Waals surface area contributed by atoms with Gasteiger partial charge >= 0.3 is 0 Å². The number of halogens is 1. The van der Waals surface area contributed by atoms with Gasteiger partial charge < -0.3 is 14.5 Å². The number of amides is 1. The lowest BCUT2D eigenvalue weighted by Crippen LogP contribution is -2.48. The van der Waals surface area contributed by atoms with Crippen molar-refractivity contribution in [2.45, 2.75) is 51.2 Å². The molecule has 1 unspecified atom stereocenters. The molecule has 1 atom stereocenters. The topological polar surface area (TPSA) is 51.5 Å². The minimum absolute atomic E-state index is 0.101. The Hall–Kier alpha value is -1.00. The standard InChI is InChI=1S/C14H20ClNO3/c1-3-14(4-2)9-10(5-8-19-14)16-13(17)11-6-7-18-12(11)15/h6-7,10H,3-5,8-9H2,1-2H3,(H,16,17). The van der Waals surface area contributed by atoms with E-state index in [1.165, 1.54) is 6.26 Å². The van der Waals surface area contributed by atoms with Gasteiger partial charge in [0.05, 0.1) is 17.4 Å². The zero-order chi connectivity index (χ0) is 13.9. The second kappa shape index (κ2) is 5.97. The van der Waals surface area contributed by atoms with Crippen LogP contribution in [0.15, 0.2) is 16.7 Å². The van der Waals surface area contributed by atoms with Crippen molar-refractivity contribution in [3.63, 3.8) is 0 Å². The summed E-state index contributed by atoms with van der Waals surface area (Å²) in [7, 11) is 0. The highest BCUT2D eigenvalue weighted by molar-refractivity contribution is 6.32. The number of nitrogens with one attached hydrogen (secondary N) is 1. The monoisotopic (exact) mass is 285 g/mol. The van der Waals surface area contributed by atoms with Gasteiger partial charge in [0.15, 0.2) is 0 Å². The van der Waals surface area contributed by atoms with Gasteiger partial charge in [0, 0.05) is 12.6 Å². The fourth-order valence-corrected chi connectivity index (χ4v) is 2.81. The molecule has 4 nitrogen and oxygen atoms in total. The summed E-state index contributed by atoms with van der Waals surface area (Å²) in [6, 6.07) is 1.72. The van der Waals surface area contributed by atoms with E-state index in [1.807, 2.05) is 0 Å². The number of furan rings is 1. The Morgan fingerprint density at radius 3 is 2.84 bits per heavy atom. The van der Waals surface area contributed by atoms with Crippen LogP contribution < -0.4 is 5.32 Å². The summed E-state index contributed by atoms with van der Waals surface area (Å²) < 4.78 is 10.8. The lowest BCUT2D eigenvalue weighted by molar-refractivity contribution is -0.0917. The van der Waals surface area contributed by atoms with Gasteiger partial charge in [-0.15, -0.1) is 0 Å². The molecule has 1 aliphatic rings. The maximum atomic E-state index is 12.1. The largest absolute Gasteiger partial charge is 0.452 e. The average molecular weight is 286 g/mol. The van der Waals surface area contributed by atoms with Crippen molar-refractivity contribution < 1.29 is 13.9 Å². The molecular formula is C14H20ClNO3. The molecule has 1 aromatic heterocycles. The third-order valence-electron chi connectivity index (χ3n) is 3.98. The SMILES string of the molecule is CCC1(CC)CC(NC(=O)c2ccoc2Cl)CCO1. The molecule has 5 heteroatoms. The minimum atomic E-state index is -0.174. The number of hydrogen-bond donors (Lipinski definition) is 1. The lowest BCUT2D eigenvalue weighted by atomic mass is 9.86. The van der Waals surface area contributed by atoms with E-state index in [2.05, 4.69) is 19.2 Å². The van der Waals surface area contributed by atoms with E-state index < -0.39 is 0 Å². The number of hydrogen-bond acceptors (Lipinski definition) is 3. The minimum Gasteiger partial charge on any atom is -0.452 e. The van der Waals surface area contributed by atoms with E-state index >= 15 is 0 Å². The van der Waals surface area contributed by atoms with Crippen LogP contribution in [-0.2, 0) is 4.74 Å². The summed E-state index contributed by atoms with van der Waals surface area (Å²) in [6.07, 6.45) is 5.03. The number of carbonyl (C=O) groups excluding carboxylic acids is 1. The van der Waals surface area contributed by atoms with E-state index in [-0.39, 0.29) is 22.8 Å². The van der Waals surface area contributed by atoms with Crippen molar-refractivity contribution in [2.75, 3.05) is 6.61 Å². The average Bonchev–Trinajstić information content (AvgIpc) is 2.85. The molecule has 1 fully saturated rings. The molecule has 1 amide bonds. The molecule has 2 heterocycles. The van der Waals surface area contributed by atoms with Gasteiger partial charge in [-0.1, -0.05) is 13.8 Å². The second-order valence-corrected chi connectivity index (χ2v) is 5.35. The Balaban J connectivity index is 2.00. The molecule has 0 aliphatic carbocycles. The molecule has 0 spiro atoms. The molecule has 0 saturated carbocycles. The summed E-state index contributed by atoms with van der Waals surface area (Å²) in [5.74, 6) is -0.174. The van der Waals surface area contributed by atoms with Crippen LogP contribution in [0.5, 0.6) is 0 Å². The highest BCUT2D eigenvalue weighted by Crippen LogP contribution is 2.31. The first kappa shape index (κ1) is 14.4. The highest BCUT2D eigenvalue weighted by atomic mass is 35.5. The molecule has 1 aliphatic heterocycles. The van der Waals surface area contributed by atoms with Gasteiger partial charge in [-0.2, -0.15) is 0 Å². The lowest BCUT2D eigenvalue weighted by Gasteiger charge is -2.40. The first-order chi connectivity index (χ1) is 9.10. The molecule has 0 radical (unpaired) electrons. The Morgan fingerprint density at radius 1 is 1.53 bits per heavy atom. The number of carbonyl (C=O) groups is 1. The third-order valence-corrected chi connectivity index (χ3v) is 4.27. The molecule has 2 rings (SSSR count). The first-order valence-electron chi connectivity index (χ1n) is 6.78. The summed E-state index contributed by atoms with van der Waals surface area (Å²) in [5.41, 5.74) is 0.294. The molecule has 1 saturated heterocycles. The van der Waals surface area contributed by atoms with E-state index in [9.17, 15) is 4.79 Å². The van der Waals surface area contributed by atoms with Gasteiger partial charge in [-0.25, -0.2) is 0 Å². The maximum Gasteiger partial charge on any atom is 0.256 e. The molecular weight excluding hydrogens is 266 g/mol. The van der Waals surface area contributed by atoms with E-state index in [0.29, 0.717) is 12.2 Å². The summed E-state index contributed by atoms with van der Waals surface area (Å²) in [5, 5.41) is 3.16. The van der Waals surface area contributed by atoms with Crippen LogP contribution >= 0.6 is 11.6 Å². The zero-order valence-corrected chi connectivity index (χ0v) is 12.1. The van der Waals surface area contributed by atoms with Crippen molar-refractivity contribution in [3.8, 4) is 0 Å². The van der Waals surface area contributed by atoms with E-state index in [1.54, 1.807) is 6.07 Å². The normalized spacial score (nSPS) is 22.2. The molecule has 0 bridgehead atoms. The van der Waals surface area contributed by atoms with Crippen molar-refractivity contribution in [1.29, 1.82) is 0 Å². The van der Waals surface area contributed by atoms with Gasteiger partial charge in [-0.3, -0.25) is 4.79 Å². The van der Waals surface area contributed by atoms with Gasteiger partial charge in [0.1, 0.15) is 0 Å². The van der Waals surface area contributed by atoms with Crippen molar-refractivity contribution in [1.82, 2.24) is 5.32 Å². The Labute approximate surface area is 118 Å². The fourth-order valence-electron chi connectivity index (χ4n) is 2.61. The molecule has 0 aromatic carbocycles. The van der Waals surface area contributed by atoms with Crippen LogP contribution in [0.25, 0.3) is 0 Å². The highest BCUT2D eigenvalue weighted by Gasteiger charge is 2.35. The predicted octanol–water partition coefficient (Wildman–Crippen LogP) is 3.40. The van der Waals surface area contributed by atoms with Crippen LogP contribution in [0.2, 0.25) is 5.22 Å². The van der Waals surface area contributed by atoms with Gasteiger partial charge in [-0.05, 0) is 43.4 Å². The first-order valence-corrected chi connectivity index (χ1v) is 7.16. The van der Waals surface area contributed by atoms with E-state index in [0.717, 1.165) is 25.7 Å². The van der Waals surface area contributed by atoms with Crippen LogP contribution in [0.1, 0.15) is 49.9 Å².